The highest BCUT2D eigenvalue weighted by Gasteiger charge is 2.46. The lowest BCUT2D eigenvalue weighted by Crippen LogP contribution is -2.30. The minimum absolute atomic E-state index is 0.0164. The number of aromatic nitrogens is 1. The molecular weight excluding hydrogens is 396 g/mol. The van der Waals surface area contributed by atoms with Crippen LogP contribution in [0.25, 0.3) is 5.76 Å². The van der Waals surface area contributed by atoms with E-state index in [4.69, 9.17) is 21.1 Å². The number of pyridine rings is 1. The van der Waals surface area contributed by atoms with Gasteiger partial charge in [0.05, 0.1) is 36.4 Å². The first-order chi connectivity index (χ1) is 13.9. The monoisotopic (exact) mass is 416 g/mol. The fourth-order valence-corrected chi connectivity index (χ4v) is 3.67. The summed E-state index contributed by atoms with van der Waals surface area (Å²) in [6.07, 6.45) is 3.81. The fourth-order valence-electron chi connectivity index (χ4n) is 3.43. The Morgan fingerprint density at radius 3 is 2.41 bits per heavy atom. The molecule has 1 N–H and O–H groups in total. The van der Waals surface area contributed by atoms with Gasteiger partial charge < -0.3 is 19.5 Å². The van der Waals surface area contributed by atoms with E-state index in [9.17, 15) is 14.7 Å². The number of methoxy groups -OCH3 is 2. The number of halogens is 1. The minimum atomic E-state index is -0.756. The molecule has 1 fully saturated rings. The van der Waals surface area contributed by atoms with Gasteiger partial charge in [-0.15, -0.1) is 0 Å². The highest BCUT2D eigenvalue weighted by molar-refractivity contribution is 6.46. The van der Waals surface area contributed by atoms with Crippen LogP contribution in [-0.4, -0.2) is 47.4 Å². The number of nitrogens with zero attached hydrogens (tertiary/aromatic N) is 2. The standard InChI is InChI=1S/C21H21ClN2O5/c1-4-9-24-18(12-5-7-23-8-6-12)17(20(26)21(24)27)19(25)13-10-16(29-3)14(22)11-15(13)28-2/h5-8,10-11,18,25H,4,9H2,1-3H3/b19-17+. The number of ether oxygens (including phenoxy) is 2. The zero-order valence-corrected chi connectivity index (χ0v) is 17.1. The Kier molecular flexibility index (Phi) is 6.08. The van der Waals surface area contributed by atoms with Crippen LogP contribution in [-0.2, 0) is 9.59 Å². The predicted molar refractivity (Wildman–Crippen MR) is 108 cm³/mol. The van der Waals surface area contributed by atoms with Crippen LogP contribution in [0.15, 0.2) is 42.2 Å². The summed E-state index contributed by atoms with van der Waals surface area (Å²) in [5.41, 5.74) is 0.869. The van der Waals surface area contributed by atoms with Gasteiger partial charge in [-0.1, -0.05) is 18.5 Å². The first-order valence-electron chi connectivity index (χ1n) is 9.04. The molecule has 0 bridgehead atoms. The number of aliphatic hydroxyl groups is 1. The summed E-state index contributed by atoms with van der Waals surface area (Å²) in [4.78, 5) is 31.0. The van der Waals surface area contributed by atoms with E-state index < -0.39 is 17.7 Å². The van der Waals surface area contributed by atoms with E-state index in [1.54, 1.807) is 24.5 Å². The Morgan fingerprint density at radius 2 is 1.83 bits per heavy atom. The molecule has 1 unspecified atom stereocenters. The number of carbonyl (C=O) groups is 2. The van der Waals surface area contributed by atoms with Crippen LogP contribution < -0.4 is 9.47 Å². The molecule has 1 aliphatic rings. The predicted octanol–water partition coefficient (Wildman–Crippen LogP) is 3.58. The van der Waals surface area contributed by atoms with Crippen molar-refractivity contribution >= 4 is 29.1 Å². The summed E-state index contributed by atoms with van der Waals surface area (Å²) in [6, 6.07) is 5.66. The van der Waals surface area contributed by atoms with Crippen molar-refractivity contribution in [2.24, 2.45) is 0 Å². The minimum Gasteiger partial charge on any atom is -0.507 e. The number of benzene rings is 1. The molecule has 1 saturated heterocycles. The third kappa shape index (κ3) is 3.65. The van der Waals surface area contributed by atoms with Crippen LogP contribution >= 0.6 is 11.6 Å². The Hall–Kier alpha value is -3.06. The summed E-state index contributed by atoms with van der Waals surface area (Å²) in [5.74, 6) is -1.21. The SMILES string of the molecule is CCCN1C(=O)C(=O)/C(=C(/O)c2cc(OC)c(Cl)cc2OC)C1c1ccncc1. The normalized spacial score (nSPS) is 18.2. The molecule has 29 heavy (non-hydrogen) atoms. The fraction of sp³-hybridized carbons (Fsp3) is 0.286. The zero-order valence-electron chi connectivity index (χ0n) is 16.3. The third-order valence-electron chi connectivity index (χ3n) is 4.76. The maximum atomic E-state index is 12.9. The van der Waals surface area contributed by atoms with Crippen molar-refractivity contribution in [1.82, 2.24) is 9.88 Å². The maximum Gasteiger partial charge on any atom is 0.295 e. The number of hydrogen-bond acceptors (Lipinski definition) is 6. The van der Waals surface area contributed by atoms with Crippen molar-refractivity contribution in [1.29, 1.82) is 0 Å². The average Bonchev–Trinajstić information content (AvgIpc) is 2.99. The average molecular weight is 417 g/mol. The number of Topliss-reactive ketones (excluding diaryl/α,β-unsaturated/α-hetero) is 1. The van der Waals surface area contributed by atoms with E-state index in [2.05, 4.69) is 4.98 Å². The van der Waals surface area contributed by atoms with Gasteiger partial charge in [-0.05, 0) is 30.2 Å². The van der Waals surface area contributed by atoms with E-state index >= 15 is 0 Å². The molecule has 1 atom stereocenters. The molecule has 152 valence electrons. The maximum absolute atomic E-state index is 12.9. The van der Waals surface area contributed by atoms with Gasteiger partial charge in [0.1, 0.15) is 17.3 Å². The van der Waals surface area contributed by atoms with Gasteiger partial charge in [0, 0.05) is 25.0 Å². The van der Waals surface area contributed by atoms with Crippen molar-refractivity contribution in [2.45, 2.75) is 19.4 Å². The highest BCUT2D eigenvalue weighted by atomic mass is 35.5. The molecule has 0 spiro atoms. The van der Waals surface area contributed by atoms with Crippen molar-refractivity contribution in [2.75, 3.05) is 20.8 Å². The van der Waals surface area contributed by atoms with Gasteiger partial charge in [-0.3, -0.25) is 14.6 Å². The van der Waals surface area contributed by atoms with E-state index in [-0.39, 0.29) is 27.7 Å². The van der Waals surface area contributed by atoms with Crippen LogP contribution in [0.3, 0.4) is 0 Å². The van der Waals surface area contributed by atoms with Crippen LogP contribution in [0.4, 0.5) is 0 Å². The zero-order chi connectivity index (χ0) is 21.1. The molecule has 2 aromatic rings. The van der Waals surface area contributed by atoms with Crippen molar-refractivity contribution < 1.29 is 24.2 Å². The molecule has 8 heteroatoms. The lowest BCUT2D eigenvalue weighted by atomic mass is 9.95. The number of ketones is 1. The molecule has 1 amide bonds. The largest absolute Gasteiger partial charge is 0.507 e. The summed E-state index contributed by atoms with van der Waals surface area (Å²) < 4.78 is 10.6. The van der Waals surface area contributed by atoms with Crippen LogP contribution in [0.2, 0.25) is 5.02 Å². The summed E-state index contributed by atoms with van der Waals surface area (Å²) in [5, 5.41) is 11.4. The second-order valence-electron chi connectivity index (χ2n) is 6.46. The van der Waals surface area contributed by atoms with Crippen LogP contribution in [0, 0.1) is 0 Å². The van der Waals surface area contributed by atoms with Gasteiger partial charge in [-0.2, -0.15) is 0 Å². The van der Waals surface area contributed by atoms with E-state index in [0.29, 0.717) is 24.3 Å². The lowest BCUT2D eigenvalue weighted by molar-refractivity contribution is -0.139. The Bertz CT molecular complexity index is 975. The smallest absolute Gasteiger partial charge is 0.295 e. The quantitative estimate of drug-likeness (QED) is 0.440. The van der Waals surface area contributed by atoms with Crippen LogP contribution in [0.5, 0.6) is 11.5 Å². The summed E-state index contributed by atoms with van der Waals surface area (Å²) in [7, 11) is 2.86. The van der Waals surface area contributed by atoms with Gasteiger partial charge in [-0.25, -0.2) is 0 Å². The molecule has 1 aliphatic heterocycles. The van der Waals surface area contributed by atoms with Gasteiger partial charge in [0.15, 0.2) is 0 Å². The Balaban J connectivity index is 2.26. The van der Waals surface area contributed by atoms with E-state index in [1.165, 1.54) is 31.3 Å². The number of likely N-dealkylation sites (tertiary alicyclic amines) is 1. The van der Waals surface area contributed by atoms with Crippen molar-refractivity contribution in [3.05, 3.63) is 58.4 Å². The third-order valence-corrected chi connectivity index (χ3v) is 5.05. The first kappa shape index (κ1) is 20.7. The molecule has 1 aromatic carbocycles. The molecular formula is C21H21ClN2O5. The van der Waals surface area contributed by atoms with Crippen molar-refractivity contribution in [3.63, 3.8) is 0 Å². The number of rotatable bonds is 6. The topological polar surface area (TPSA) is 89.0 Å². The molecule has 3 rings (SSSR count). The molecule has 1 aromatic heterocycles. The van der Waals surface area contributed by atoms with Crippen LogP contribution in [0.1, 0.15) is 30.5 Å². The number of carbonyl (C=O) groups excluding carboxylic acids is 2. The summed E-state index contributed by atoms with van der Waals surface area (Å²) in [6.45, 7) is 2.28. The summed E-state index contributed by atoms with van der Waals surface area (Å²) >= 11 is 6.15. The van der Waals surface area contributed by atoms with E-state index in [0.717, 1.165) is 0 Å². The second-order valence-corrected chi connectivity index (χ2v) is 6.87. The highest BCUT2D eigenvalue weighted by Crippen LogP contribution is 2.42. The molecule has 0 saturated carbocycles. The van der Waals surface area contributed by atoms with Gasteiger partial charge in [0.25, 0.3) is 11.7 Å². The molecule has 7 nitrogen and oxygen atoms in total. The van der Waals surface area contributed by atoms with Gasteiger partial charge >= 0.3 is 0 Å². The number of aliphatic hydroxyl groups excluding tert-OH is 1. The molecule has 2 heterocycles. The second kappa shape index (κ2) is 8.53. The number of amides is 1. The molecule has 0 radical (unpaired) electrons. The van der Waals surface area contributed by atoms with E-state index in [1.807, 2.05) is 6.92 Å². The Labute approximate surface area is 173 Å². The van der Waals surface area contributed by atoms with Gasteiger partial charge in [0.2, 0.25) is 0 Å². The first-order valence-corrected chi connectivity index (χ1v) is 9.42. The lowest BCUT2D eigenvalue weighted by Gasteiger charge is -2.24. The Morgan fingerprint density at radius 1 is 1.17 bits per heavy atom. The number of hydrogen-bond donors (Lipinski definition) is 1. The molecule has 0 aliphatic carbocycles. The van der Waals surface area contributed by atoms with Crippen molar-refractivity contribution in [3.8, 4) is 11.5 Å².